The van der Waals surface area contributed by atoms with Crippen molar-refractivity contribution in [3.63, 3.8) is 0 Å². The molecule has 3 saturated heterocycles. The van der Waals surface area contributed by atoms with Crippen molar-refractivity contribution in [2.75, 3.05) is 29.9 Å². The Labute approximate surface area is 260 Å². The Morgan fingerprint density at radius 2 is 1.72 bits per heavy atom. The van der Waals surface area contributed by atoms with Gasteiger partial charge in [0.2, 0.25) is 17.7 Å². The number of anilines is 2. The largest absolute Gasteiger partial charge is 0.394 e. The highest BCUT2D eigenvalue weighted by molar-refractivity contribution is 8.02. The maximum absolute atomic E-state index is 14.5. The Morgan fingerprint density at radius 1 is 1.05 bits per heavy atom. The Balaban J connectivity index is 1.47. The third-order valence-electron chi connectivity index (χ3n) is 10.2. The molecule has 2 bridgehead atoms. The summed E-state index contributed by atoms with van der Waals surface area (Å²) in [5.74, 6) is -1.80. The van der Waals surface area contributed by atoms with E-state index in [4.69, 9.17) is 0 Å². The zero-order chi connectivity index (χ0) is 30.9. The van der Waals surface area contributed by atoms with Gasteiger partial charge < -0.3 is 25.5 Å². The molecular weight excluding hydrogens is 560 g/mol. The maximum Gasteiger partial charge on any atom is 0.248 e. The Kier molecular flexibility index (Phi) is 9.14. The summed E-state index contributed by atoms with van der Waals surface area (Å²) in [7, 11) is 0. The zero-order valence-electron chi connectivity index (χ0n) is 26.0. The van der Waals surface area contributed by atoms with Gasteiger partial charge in [0.1, 0.15) is 6.04 Å². The van der Waals surface area contributed by atoms with E-state index in [0.717, 1.165) is 37.2 Å². The minimum absolute atomic E-state index is 0.0176. The van der Waals surface area contributed by atoms with Crippen molar-refractivity contribution in [1.29, 1.82) is 0 Å². The summed E-state index contributed by atoms with van der Waals surface area (Å²) < 4.78 is -1.20. The molecule has 2 aromatic carbocycles. The van der Waals surface area contributed by atoms with Gasteiger partial charge in [-0.2, -0.15) is 0 Å². The highest BCUT2D eigenvalue weighted by atomic mass is 32.2. The number of thioether (sulfide) groups is 1. The molecule has 3 aliphatic heterocycles. The number of hydrogen-bond donors (Lipinski definition) is 3. The number of benzene rings is 2. The summed E-state index contributed by atoms with van der Waals surface area (Å²) in [5.41, 5.74) is 2.74. The van der Waals surface area contributed by atoms with Gasteiger partial charge in [0, 0.05) is 35.8 Å². The van der Waals surface area contributed by atoms with Crippen LogP contribution in [0.4, 0.5) is 11.4 Å². The molecule has 3 N–H and O–H groups in total. The van der Waals surface area contributed by atoms with E-state index in [1.54, 1.807) is 16.7 Å². The van der Waals surface area contributed by atoms with Crippen molar-refractivity contribution < 1.29 is 19.5 Å². The first-order valence-corrected chi connectivity index (χ1v) is 16.6. The van der Waals surface area contributed by atoms with Crippen LogP contribution in [0.3, 0.4) is 0 Å². The van der Waals surface area contributed by atoms with Crippen LogP contribution in [-0.2, 0) is 20.9 Å². The SMILES string of the molecule is CC[C@H](C)[C@H](CO)N1C(=O)[C@@H]2[C@H](C(=O)NCc3ccccc3)[C@]3(C)CCC2(S3)C1C(=O)Nc1ccc(N(CC)CC)cc1. The van der Waals surface area contributed by atoms with Gasteiger partial charge in [-0.05, 0) is 69.4 Å². The van der Waals surface area contributed by atoms with Crippen LogP contribution in [-0.4, -0.2) is 69.0 Å². The predicted molar refractivity (Wildman–Crippen MR) is 173 cm³/mol. The van der Waals surface area contributed by atoms with Gasteiger partial charge in [-0.3, -0.25) is 14.4 Å². The first-order chi connectivity index (χ1) is 20.6. The van der Waals surface area contributed by atoms with Crippen LogP contribution in [0.5, 0.6) is 0 Å². The monoisotopic (exact) mass is 606 g/mol. The van der Waals surface area contributed by atoms with Crippen LogP contribution >= 0.6 is 11.8 Å². The van der Waals surface area contributed by atoms with E-state index in [9.17, 15) is 19.5 Å². The number of rotatable bonds is 12. The van der Waals surface area contributed by atoms with E-state index in [1.807, 2.05) is 68.4 Å². The summed E-state index contributed by atoms with van der Waals surface area (Å²) >= 11 is 1.65. The fraction of sp³-hybridized carbons (Fsp3) is 0.559. The molecule has 5 rings (SSSR count). The van der Waals surface area contributed by atoms with E-state index in [1.165, 1.54) is 0 Å². The molecule has 3 aliphatic rings. The molecule has 0 aromatic heterocycles. The van der Waals surface area contributed by atoms with Crippen molar-refractivity contribution in [3.05, 3.63) is 60.2 Å². The van der Waals surface area contributed by atoms with Crippen LogP contribution < -0.4 is 15.5 Å². The van der Waals surface area contributed by atoms with E-state index in [0.29, 0.717) is 18.7 Å². The van der Waals surface area contributed by atoms with Gasteiger partial charge >= 0.3 is 0 Å². The van der Waals surface area contributed by atoms with Gasteiger partial charge in [-0.1, -0.05) is 50.6 Å². The van der Waals surface area contributed by atoms with Crippen molar-refractivity contribution >= 4 is 40.9 Å². The second-order valence-electron chi connectivity index (χ2n) is 12.5. The lowest BCUT2D eigenvalue weighted by Gasteiger charge is -2.39. The lowest BCUT2D eigenvalue weighted by atomic mass is 9.66. The van der Waals surface area contributed by atoms with E-state index in [-0.39, 0.29) is 30.2 Å². The van der Waals surface area contributed by atoms with E-state index in [2.05, 4.69) is 36.3 Å². The van der Waals surface area contributed by atoms with Crippen LogP contribution in [0, 0.1) is 17.8 Å². The standard InChI is InChI=1S/C34H46N4O4S/c1-6-22(4)26(21-39)38-29(31(41)36-24-14-16-25(17-15-24)37(7-2)8-3)34-19-18-33(5,43-34)27(28(34)32(38)42)30(40)35-20-23-12-10-9-11-13-23/h9-17,22,26-29,39H,6-8,18-21H2,1-5H3,(H,35,40)(H,36,41)/t22-,26-,27+,28-,29?,33-,34?/m0/s1. The minimum Gasteiger partial charge on any atom is -0.394 e. The third-order valence-corrected chi connectivity index (χ3v) is 12.1. The number of aliphatic hydroxyl groups is 1. The van der Waals surface area contributed by atoms with Crippen molar-refractivity contribution in [3.8, 4) is 0 Å². The summed E-state index contributed by atoms with van der Waals surface area (Å²) in [6.07, 6.45) is 2.16. The van der Waals surface area contributed by atoms with Crippen LogP contribution in [0.25, 0.3) is 0 Å². The summed E-state index contributed by atoms with van der Waals surface area (Å²) in [6.45, 7) is 12.3. The number of hydrogen-bond acceptors (Lipinski definition) is 6. The highest BCUT2D eigenvalue weighted by Crippen LogP contribution is 2.71. The topological polar surface area (TPSA) is 102 Å². The Hall–Kier alpha value is -3.04. The molecule has 7 atom stereocenters. The average molecular weight is 607 g/mol. The lowest BCUT2D eigenvalue weighted by molar-refractivity contribution is -0.143. The molecule has 1 spiro atoms. The number of nitrogens with zero attached hydrogens (tertiary/aromatic N) is 2. The maximum atomic E-state index is 14.5. The number of likely N-dealkylation sites (tertiary alicyclic amines) is 1. The molecular formula is C34H46N4O4S. The Bertz CT molecular complexity index is 1320. The number of carbonyl (C=O) groups excluding carboxylic acids is 3. The van der Waals surface area contributed by atoms with E-state index >= 15 is 0 Å². The molecule has 9 heteroatoms. The summed E-state index contributed by atoms with van der Waals surface area (Å²) in [6, 6.07) is 16.2. The number of aliphatic hydroxyl groups excluding tert-OH is 1. The molecule has 0 saturated carbocycles. The molecule has 8 nitrogen and oxygen atoms in total. The van der Waals surface area contributed by atoms with Gasteiger partial charge in [-0.15, -0.1) is 11.8 Å². The minimum atomic E-state index is -0.794. The van der Waals surface area contributed by atoms with Gasteiger partial charge in [-0.25, -0.2) is 0 Å². The fourth-order valence-electron chi connectivity index (χ4n) is 7.69. The normalized spacial score (nSPS) is 28.8. The number of fused-ring (bicyclic) bond motifs is 1. The number of carbonyl (C=O) groups is 3. The molecule has 232 valence electrons. The van der Waals surface area contributed by atoms with Gasteiger partial charge in [0.25, 0.3) is 0 Å². The van der Waals surface area contributed by atoms with Crippen LogP contribution in [0.2, 0.25) is 0 Å². The summed E-state index contributed by atoms with van der Waals surface area (Å²) in [4.78, 5) is 46.6. The number of amides is 3. The summed E-state index contributed by atoms with van der Waals surface area (Å²) in [5, 5.41) is 16.8. The first-order valence-electron chi connectivity index (χ1n) is 15.7. The van der Waals surface area contributed by atoms with Gasteiger partial charge in [0.05, 0.1) is 29.2 Å². The zero-order valence-corrected chi connectivity index (χ0v) is 26.8. The molecule has 3 fully saturated rings. The second kappa shape index (κ2) is 12.5. The van der Waals surface area contributed by atoms with Crippen LogP contribution in [0.1, 0.15) is 59.4 Å². The molecule has 3 amide bonds. The van der Waals surface area contributed by atoms with E-state index < -0.39 is 33.4 Å². The van der Waals surface area contributed by atoms with Crippen molar-refractivity contribution in [1.82, 2.24) is 10.2 Å². The van der Waals surface area contributed by atoms with Crippen molar-refractivity contribution in [2.45, 2.75) is 82.0 Å². The predicted octanol–water partition coefficient (Wildman–Crippen LogP) is 4.68. The Morgan fingerprint density at radius 3 is 2.33 bits per heavy atom. The highest BCUT2D eigenvalue weighted by Gasteiger charge is 2.77. The molecule has 0 radical (unpaired) electrons. The molecule has 0 aliphatic carbocycles. The second-order valence-corrected chi connectivity index (χ2v) is 14.4. The van der Waals surface area contributed by atoms with Crippen molar-refractivity contribution in [2.24, 2.45) is 17.8 Å². The fourth-order valence-corrected chi connectivity index (χ4v) is 10.0. The number of nitrogens with one attached hydrogen (secondary N) is 2. The third kappa shape index (κ3) is 5.43. The average Bonchev–Trinajstić information content (AvgIpc) is 3.59. The quantitative estimate of drug-likeness (QED) is 0.325. The molecule has 2 unspecified atom stereocenters. The molecule has 43 heavy (non-hydrogen) atoms. The lowest BCUT2D eigenvalue weighted by Crippen LogP contribution is -2.56. The molecule has 3 heterocycles. The van der Waals surface area contributed by atoms with Gasteiger partial charge in [0.15, 0.2) is 0 Å². The smallest absolute Gasteiger partial charge is 0.248 e. The first kappa shape index (κ1) is 31.4. The molecule has 2 aromatic rings. The van der Waals surface area contributed by atoms with Crippen LogP contribution in [0.15, 0.2) is 54.6 Å².